The summed E-state index contributed by atoms with van der Waals surface area (Å²) in [5.74, 6) is -0.886. The number of benzene rings is 1. The quantitative estimate of drug-likeness (QED) is 0.445. The molecule has 1 aromatic heterocycles. The normalized spacial score (nSPS) is 16.8. The van der Waals surface area contributed by atoms with Gasteiger partial charge in [-0.3, -0.25) is 19.7 Å². The molecule has 0 spiro atoms. The number of esters is 1. The molecule has 1 fully saturated rings. The maximum absolute atomic E-state index is 12.5. The molecule has 9 heteroatoms. The van der Waals surface area contributed by atoms with Gasteiger partial charge in [0.15, 0.2) is 0 Å². The molecule has 4 rings (SSSR count). The van der Waals surface area contributed by atoms with Gasteiger partial charge in [0.05, 0.1) is 6.54 Å². The number of fused-ring (bicyclic) bond motifs is 1. The molecule has 2 aliphatic rings. The molecule has 2 aromatic rings. The lowest BCUT2D eigenvalue weighted by Crippen LogP contribution is -2.28. The van der Waals surface area contributed by atoms with Crippen LogP contribution in [0.15, 0.2) is 36.0 Å². The fraction of sp³-hybridized carbons (Fsp3) is 0.200. The number of nitrogens with one attached hydrogen (secondary N) is 2. The summed E-state index contributed by atoms with van der Waals surface area (Å²) >= 11 is 1.48. The predicted octanol–water partition coefficient (Wildman–Crippen LogP) is 2.11. The zero-order valence-electron chi connectivity index (χ0n) is 15.5. The van der Waals surface area contributed by atoms with Crippen LogP contribution in [-0.4, -0.2) is 41.9 Å². The highest BCUT2D eigenvalue weighted by Crippen LogP contribution is 2.33. The van der Waals surface area contributed by atoms with E-state index >= 15 is 0 Å². The number of hydrogen-bond acceptors (Lipinski definition) is 6. The number of urea groups is 1. The largest absolute Gasteiger partial charge is 0.464 e. The van der Waals surface area contributed by atoms with Crippen molar-refractivity contribution in [2.75, 3.05) is 13.2 Å². The molecule has 4 amide bonds. The van der Waals surface area contributed by atoms with Crippen molar-refractivity contribution in [2.24, 2.45) is 0 Å². The molecule has 2 N–H and O–H groups in total. The Morgan fingerprint density at radius 1 is 1.21 bits per heavy atom. The Balaban J connectivity index is 1.50. The number of imide groups is 1. The van der Waals surface area contributed by atoms with Gasteiger partial charge >= 0.3 is 12.0 Å². The molecular weight excluding hydrogens is 394 g/mol. The highest BCUT2D eigenvalue weighted by Gasteiger charge is 2.27. The van der Waals surface area contributed by atoms with Crippen LogP contribution in [0, 0.1) is 0 Å². The molecule has 0 unspecified atom stereocenters. The maximum atomic E-state index is 12.5. The van der Waals surface area contributed by atoms with Gasteiger partial charge in [-0.05, 0) is 41.5 Å². The van der Waals surface area contributed by atoms with Crippen molar-refractivity contribution in [2.45, 2.75) is 13.5 Å². The number of carbonyl (C=O) groups excluding carboxylic acids is 4. The molecular formula is C20H17N3O5S. The van der Waals surface area contributed by atoms with Crippen molar-refractivity contribution < 1.29 is 23.9 Å². The average molecular weight is 411 g/mol. The first-order valence-electron chi connectivity index (χ1n) is 8.90. The Kier molecular flexibility index (Phi) is 4.89. The highest BCUT2D eigenvalue weighted by molar-refractivity contribution is 7.16. The number of rotatable bonds is 5. The smallest absolute Gasteiger partial charge is 0.326 e. The first-order chi connectivity index (χ1) is 13.9. The predicted molar refractivity (Wildman–Crippen MR) is 106 cm³/mol. The molecule has 148 valence electrons. The fourth-order valence-electron chi connectivity index (χ4n) is 3.22. The van der Waals surface area contributed by atoms with E-state index in [1.807, 2.05) is 24.3 Å². The molecule has 1 saturated heterocycles. The summed E-state index contributed by atoms with van der Waals surface area (Å²) in [6, 6.07) is 8.95. The van der Waals surface area contributed by atoms with E-state index in [1.165, 1.54) is 18.3 Å². The zero-order chi connectivity index (χ0) is 20.5. The van der Waals surface area contributed by atoms with E-state index < -0.39 is 11.9 Å². The monoisotopic (exact) mass is 411 g/mol. The molecule has 0 saturated carbocycles. The second kappa shape index (κ2) is 7.51. The third-order valence-corrected chi connectivity index (χ3v) is 5.65. The Labute approximate surface area is 170 Å². The van der Waals surface area contributed by atoms with Gasteiger partial charge in [0.2, 0.25) is 0 Å². The Morgan fingerprint density at radius 2 is 2.03 bits per heavy atom. The fourth-order valence-corrected chi connectivity index (χ4v) is 4.17. The average Bonchev–Trinajstić information content (AvgIpc) is 3.34. The molecule has 3 heterocycles. The SMILES string of the molecule is CC(=O)OCCN1Cc2cc(-c3ccc(/C=C4\NC(=O)NC4=O)s3)ccc2C1=O. The Bertz CT molecular complexity index is 1070. The molecule has 0 radical (unpaired) electrons. The van der Waals surface area contributed by atoms with Crippen LogP contribution < -0.4 is 10.6 Å². The van der Waals surface area contributed by atoms with Crippen LogP contribution >= 0.6 is 11.3 Å². The van der Waals surface area contributed by atoms with Crippen molar-refractivity contribution in [1.82, 2.24) is 15.5 Å². The lowest BCUT2D eigenvalue weighted by molar-refractivity contribution is -0.141. The van der Waals surface area contributed by atoms with Gasteiger partial charge in [-0.2, -0.15) is 0 Å². The minimum atomic E-state index is -0.528. The summed E-state index contributed by atoms with van der Waals surface area (Å²) in [6.07, 6.45) is 1.63. The minimum absolute atomic E-state index is 0.0710. The lowest BCUT2D eigenvalue weighted by atomic mass is 10.1. The number of carbonyl (C=O) groups is 4. The number of ether oxygens (including phenoxy) is 1. The van der Waals surface area contributed by atoms with Gasteiger partial charge in [-0.15, -0.1) is 11.3 Å². The van der Waals surface area contributed by atoms with E-state index in [0.717, 1.165) is 20.9 Å². The van der Waals surface area contributed by atoms with Crippen LogP contribution in [0.2, 0.25) is 0 Å². The highest BCUT2D eigenvalue weighted by atomic mass is 32.1. The number of amides is 4. The van der Waals surface area contributed by atoms with Crippen molar-refractivity contribution >= 4 is 41.2 Å². The van der Waals surface area contributed by atoms with Crippen LogP contribution in [0.25, 0.3) is 16.5 Å². The van der Waals surface area contributed by atoms with Gasteiger partial charge in [-0.1, -0.05) is 6.07 Å². The Hall–Kier alpha value is -3.46. The number of hydrogen-bond donors (Lipinski definition) is 2. The van der Waals surface area contributed by atoms with Crippen LogP contribution in [0.1, 0.15) is 27.7 Å². The van der Waals surface area contributed by atoms with E-state index in [2.05, 4.69) is 10.6 Å². The van der Waals surface area contributed by atoms with Gasteiger partial charge in [0.25, 0.3) is 11.8 Å². The van der Waals surface area contributed by atoms with Crippen molar-refractivity contribution in [3.63, 3.8) is 0 Å². The van der Waals surface area contributed by atoms with E-state index in [0.29, 0.717) is 18.7 Å². The lowest BCUT2D eigenvalue weighted by Gasteiger charge is -2.14. The zero-order valence-corrected chi connectivity index (χ0v) is 16.3. The summed E-state index contributed by atoms with van der Waals surface area (Å²) < 4.78 is 4.92. The summed E-state index contributed by atoms with van der Waals surface area (Å²) in [5, 5.41) is 4.63. The summed E-state index contributed by atoms with van der Waals surface area (Å²) in [5.41, 5.74) is 2.76. The number of nitrogens with zero attached hydrogens (tertiary/aromatic N) is 1. The molecule has 0 aliphatic carbocycles. The minimum Gasteiger partial charge on any atom is -0.464 e. The summed E-state index contributed by atoms with van der Waals surface area (Å²) in [4.78, 5) is 49.7. The first-order valence-corrected chi connectivity index (χ1v) is 9.72. The molecule has 0 bridgehead atoms. The van der Waals surface area contributed by atoms with Gasteiger partial charge in [0, 0.05) is 28.8 Å². The van der Waals surface area contributed by atoms with Crippen molar-refractivity contribution in [1.29, 1.82) is 0 Å². The third-order valence-electron chi connectivity index (χ3n) is 4.57. The standard InChI is InChI=1S/C20H17N3O5S/c1-11(24)28-7-6-23-10-13-8-12(2-4-15(13)19(23)26)17-5-3-14(29-17)9-16-18(25)22-20(27)21-16/h2-5,8-9H,6-7,10H2,1H3,(H2,21,22,25,27)/b16-9-. The van der Waals surface area contributed by atoms with E-state index in [-0.39, 0.29) is 24.2 Å². The second-order valence-electron chi connectivity index (χ2n) is 6.61. The van der Waals surface area contributed by atoms with E-state index in [1.54, 1.807) is 17.0 Å². The maximum Gasteiger partial charge on any atom is 0.326 e. The second-order valence-corrected chi connectivity index (χ2v) is 7.72. The molecule has 1 aromatic carbocycles. The molecule has 8 nitrogen and oxygen atoms in total. The van der Waals surface area contributed by atoms with Gasteiger partial charge in [-0.25, -0.2) is 4.79 Å². The Morgan fingerprint density at radius 3 is 2.76 bits per heavy atom. The van der Waals surface area contributed by atoms with Crippen molar-refractivity contribution in [3.8, 4) is 10.4 Å². The van der Waals surface area contributed by atoms with Gasteiger partial charge < -0.3 is 15.0 Å². The number of thiophene rings is 1. The van der Waals surface area contributed by atoms with E-state index in [9.17, 15) is 19.2 Å². The molecule has 0 atom stereocenters. The third kappa shape index (κ3) is 3.90. The van der Waals surface area contributed by atoms with Crippen LogP contribution in [0.3, 0.4) is 0 Å². The summed E-state index contributed by atoms with van der Waals surface area (Å²) in [6.45, 7) is 2.34. The molecule has 2 aliphatic heterocycles. The molecule has 29 heavy (non-hydrogen) atoms. The van der Waals surface area contributed by atoms with Crippen LogP contribution in [-0.2, 0) is 20.9 Å². The summed E-state index contributed by atoms with van der Waals surface area (Å²) in [7, 11) is 0. The van der Waals surface area contributed by atoms with Crippen LogP contribution in [0.4, 0.5) is 4.79 Å². The topological polar surface area (TPSA) is 105 Å². The van der Waals surface area contributed by atoms with E-state index in [4.69, 9.17) is 4.74 Å². The first kappa shape index (κ1) is 18.9. The van der Waals surface area contributed by atoms with Crippen molar-refractivity contribution in [3.05, 3.63) is 52.0 Å². The van der Waals surface area contributed by atoms with Crippen LogP contribution in [0.5, 0.6) is 0 Å². The van der Waals surface area contributed by atoms with Gasteiger partial charge in [0.1, 0.15) is 12.3 Å².